The normalized spacial score (nSPS) is 30.3. The van der Waals surface area contributed by atoms with Crippen LogP contribution in [0.25, 0.3) is 0 Å². The molecule has 1 fully saturated rings. The number of methoxy groups -OCH3 is 1. The monoisotopic (exact) mass is 213 g/mol. The number of carbonyl (C=O) groups excluding carboxylic acids is 1. The lowest BCUT2D eigenvalue weighted by molar-refractivity contribution is -0.139. The van der Waals surface area contributed by atoms with E-state index in [1.165, 1.54) is 0 Å². The van der Waals surface area contributed by atoms with E-state index in [1.807, 2.05) is 18.7 Å². The second kappa shape index (κ2) is 4.97. The standard InChI is InChI=1S/C12H23NO2/c1-8-6-9(2)13(7-8)12(14)10(3)11(4)15-5/h8-11H,6-7H2,1-5H3/t8?,9-,10?,11?/m1/s1. The van der Waals surface area contributed by atoms with Crippen LogP contribution in [0, 0.1) is 11.8 Å². The van der Waals surface area contributed by atoms with Gasteiger partial charge in [0.2, 0.25) is 5.91 Å². The molecular weight excluding hydrogens is 190 g/mol. The number of ether oxygens (including phenoxy) is 1. The Hall–Kier alpha value is -0.570. The Morgan fingerprint density at radius 1 is 1.40 bits per heavy atom. The van der Waals surface area contributed by atoms with Gasteiger partial charge in [-0.2, -0.15) is 0 Å². The summed E-state index contributed by atoms with van der Waals surface area (Å²) in [5.74, 6) is 0.831. The third-order valence-electron chi connectivity index (χ3n) is 3.53. The van der Waals surface area contributed by atoms with Gasteiger partial charge < -0.3 is 9.64 Å². The van der Waals surface area contributed by atoms with Crippen LogP contribution < -0.4 is 0 Å². The van der Waals surface area contributed by atoms with E-state index in [1.54, 1.807) is 7.11 Å². The molecule has 3 nitrogen and oxygen atoms in total. The quantitative estimate of drug-likeness (QED) is 0.716. The summed E-state index contributed by atoms with van der Waals surface area (Å²) in [5.41, 5.74) is 0. The molecular formula is C12H23NO2. The van der Waals surface area contributed by atoms with Gasteiger partial charge in [0, 0.05) is 19.7 Å². The molecule has 0 aliphatic carbocycles. The maximum atomic E-state index is 12.1. The first-order valence-corrected chi connectivity index (χ1v) is 5.80. The highest BCUT2D eigenvalue weighted by Gasteiger charge is 2.33. The van der Waals surface area contributed by atoms with Crippen LogP contribution in [0.15, 0.2) is 0 Å². The summed E-state index contributed by atoms with van der Waals surface area (Å²) in [6.07, 6.45) is 1.13. The average Bonchev–Trinajstić information content (AvgIpc) is 2.54. The predicted molar refractivity (Wildman–Crippen MR) is 60.6 cm³/mol. The van der Waals surface area contributed by atoms with E-state index in [-0.39, 0.29) is 17.9 Å². The fourth-order valence-corrected chi connectivity index (χ4v) is 2.27. The molecule has 0 N–H and O–H groups in total. The largest absolute Gasteiger partial charge is 0.381 e. The molecule has 15 heavy (non-hydrogen) atoms. The lowest BCUT2D eigenvalue weighted by Gasteiger charge is -2.27. The van der Waals surface area contributed by atoms with Gasteiger partial charge in [-0.1, -0.05) is 13.8 Å². The summed E-state index contributed by atoms with van der Waals surface area (Å²) in [7, 11) is 1.66. The first-order valence-electron chi connectivity index (χ1n) is 5.80. The molecule has 1 aliphatic rings. The molecule has 1 amide bonds. The molecule has 1 heterocycles. The van der Waals surface area contributed by atoms with Gasteiger partial charge in [0.05, 0.1) is 12.0 Å². The summed E-state index contributed by atoms with van der Waals surface area (Å²) in [5, 5.41) is 0. The third-order valence-corrected chi connectivity index (χ3v) is 3.53. The number of nitrogens with zero attached hydrogens (tertiary/aromatic N) is 1. The van der Waals surface area contributed by atoms with E-state index < -0.39 is 0 Å². The number of rotatable bonds is 3. The summed E-state index contributed by atoms with van der Waals surface area (Å²) in [6.45, 7) is 9.14. The molecule has 1 rings (SSSR count). The predicted octanol–water partition coefficient (Wildman–Crippen LogP) is 1.91. The first-order chi connectivity index (χ1) is 6.97. The molecule has 0 saturated carbocycles. The van der Waals surface area contributed by atoms with Crippen molar-refractivity contribution in [2.45, 2.75) is 46.3 Å². The van der Waals surface area contributed by atoms with Crippen LogP contribution in [-0.4, -0.2) is 36.6 Å². The highest BCUT2D eigenvalue weighted by atomic mass is 16.5. The van der Waals surface area contributed by atoms with E-state index in [4.69, 9.17) is 4.74 Å². The van der Waals surface area contributed by atoms with Crippen molar-refractivity contribution in [1.82, 2.24) is 4.90 Å². The highest BCUT2D eigenvalue weighted by Crippen LogP contribution is 2.25. The summed E-state index contributed by atoms with van der Waals surface area (Å²) < 4.78 is 5.21. The molecule has 0 radical (unpaired) electrons. The number of likely N-dealkylation sites (tertiary alicyclic amines) is 1. The SMILES string of the molecule is COC(C)C(C)C(=O)N1CC(C)C[C@H]1C. The van der Waals surface area contributed by atoms with E-state index in [0.29, 0.717) is 12.0 Å². The molecule has 4 atom stereocenters. The van der Waals surface area contributed by atoms with Crippen molar-refractivity contribution in [3.63, 3.8) is 0 Å². The lowest BCUT2D eigenvalue weighted by atomic mass is 10.0. The van der Waals surface area contributed by atoms with Gasteiger partial charge in [0.25, 0.3) is 0 Å². The summed E-state index contributed by atoms with van der Waals surface area (Å²) >= 11 is 0. The van der Waals surface area contributed by atoms with E-state index >= 15 is 0 Å². The van der Waals surface area contributed by atoms with Crippen LogP contribution in [0.1, 0.15) is 34.1 Å². The van der Waals surface area contributed by atoms with Crippen LogP contribution in [-0.2, 0) is 9.53 Å². The molecule has 0 spiro atoms. The molecule has 1 aliphatic heterocycles. The van der Waals surface area contributed by atoms with Gasteiger partial charge in [-0.15, -0.1) is 0 Å². The molecule has 0 bridgehead atoms. The Balaban J connectivity index is 2.60. The van der Waals surface area contributed by atoms with Crippen LogP contribution in [0.5, 0.6) is 0 Å². The molecule has 3 unspecified atom stereocenters. The second-order valence-electron chi connectivity index (χ2n) is 4.91. The smallest absolute Gasteiger partial charge is 0.228 e. The van der Waals surface area contributed by atoms with Crippen molar-refractivity contribution in [2.75, 3.05) is 13.7 Å². The zero-order valence-electron chi connectivity index (χ0n) is 10.5. The van der Waals surface area contributed by atoms with Crippen molar-refractivity contribution in [2.24, 2.45) is 11.8 Å². The van der Waals surface area contributed by atoms with E-state index in [0.717, 1.165) is 13.0 Å². The van der Waals surface area contributed by atoms with Crippen molar-refractivity contribution in [3.05, 3.63) is 0 Å². The van der Waals surface area contributed by atoms with Crippen molar-refractivity contribution in [3.8, 4) is 0 Å². The minimum Gasteiger partial charge on any atom is -0.381 e. The Kier molecular flexibility index (Phi) is 4.14. The van der Waals surface area contributed by atoms with Crippen molar-refractivity contribution in [1.29, 1.82) is 0 Å². The van der Waals surface area contributed by atoms with Gasteiger partial charge in [0.15, 0.2) is 0 Å². The summed E-state index contributed by atoms with van der Waals surface area (Å²) in [6, 6.07) is 0.388. The Bertz CT molecular complexity index is 230. The van der Waals surface area contributed by atoms with Crippen LogP contribution >= 0.6 is 0 Å². The zero-order chi connectivity index (χ0) is 11.6. The lowest BCUT2D eigenvalue weighted by Crippen LogP contribution is -2.41. The first kappa shape index (κ1) is 12.5. The van der Waals surface area contributed by atoms with Crippen molar-refractivity contribution < 1.29 is 9.53 Å². The van der Waals surface area contributed by atoms with Gasteiger partial charge >= 0.3 is 0 Å². The fourth-order valence-electron chi connectivity index (χ4n) is 2.27. The topological polar surface area (TPSA) is 29.5 Å². The Morgan fingerprint density at radius 3 is 2.40 bits per heavy atom. The molecule has 1 saturated heterocycles. The molecule has 0 aromatic carbocycles. The summed E-state index contributed by atoms with van der Waals surface area (Å²) in [4.78, 5) is 14.2. The van der Waals surface area contributed by atoms with Gasteiger partial charge in [0.1, 0.15) is 0 Å². The van der Waals surface area contributed by atoms with Crippen LogP contribution in [0.3, 0.4) is 0 Å². The molecule has 0 aromatic rings. The number of amides is 1. The third kappa shape index (κ3) is 2.71. The molecule has 88 valence electrons. The average molecular weight is 213 g/mol. The number of hydrogen-bond acceptors (Lipinski definition) is 2. The fraction of sp³-hybridized carbons (Fsp3) is 0.917. The molecule has 3 heteroatoms. The van der Waals surface area contributed by atoms with Gasteiger partial charge in [-0.25, -0.2) is 0 Å². The van der Waals surface area contributed by atoms with Gasteiger partial charge in [-0.3, -0.25) is 4.79 Å². The van der Waals surface area contributed by atoms with E-state index in [9.17, 15) is 4.79 Å². The highest BCUT2D eigenvalue weighted by molar-refractivity contribution is 5.79. The Labute approximate surface area is 92.8 Å². The second-order valence-corrected chi connectivity index (χ2v) is 4.91. The number of hydrogen-bond donors (Lipinski definition) is 0. The van der Waals surface area contributed by atoms with Crippen LogP contribution in [0.4, 0.5) is 0 Å². The zero-order valence-corrected chi connectivity index (χ0v) is 10.5. The molecule has 0 aromatic heterocycles. The Morgan fingerprint density at radius 2 is 2.00 bits per heavy atom. The van der Waals surface area contributed by atoms with E-state index in [2.05, 4.69) is 13.8 Å². The number of carbonyl (C=O) groups is 1. The minimum atomic E-state index is -0.0391. The van der Waals surface area contributed by atoms with Crippen molar-refractivity contribution >= 4 is 5.91 Å². The van der Waals surface area contributed by atoms with Gasteiger partial charge in [-0.05, 0) is 26.2 Å². The maximum Gasteiger partial charge on any atom is 0.228 e. The van der Waals surface area contributed by atoms with Crippen LogP contribution in [0.2, 0.25) is 0 Å². The maximum absolute atomic E-state index is 12.1. The minimum absolute atomic E-state index is 0.000561.